The minimum absolute atomic E-state index is 0.0350. The average molecular weight is 324 g/mol. The van der Waals surface area contributed by atoms with E-state index in [9.17, 15) is 9.59 Å². The second kappa shape index (κ2) is 5.53. The number of carbonyl (C=O) groups is 2. The van der Waals surface area contributed by atoms with Crippen molar-refractivity contribution in [2.45, 2.75) is 18.9 Å². The third kappa shape index (κ3) is 3.11. The van der Waals surface area contributed by atoms with Crippen LogP contribution in [-0.2, 0) is 4.79 Å². The smallest absolute Gasteiger partial charge is 0.323 e. The molecule has 8 heteroatoms. The normalized spacial score (nSPS) is 14.3. The molecule has 1 saturated carbocycles. The number of carboxylic acids is 1. The highest BCUT2D eigenvalue weighted by molar-refractivity contribution is 6.48. The second-order valence-electron chi connectivity index (χ2n) is 4.14. The van der Waals surface area contributed by atoms with Crippen LogP contribution in [0.4, 0.5) is 0 Å². The zero-order valence-electron chi connectivity index (χ0n) is 9.57. The van der Waals surface area contributed by atoms with E-state index in [0.29, 0.717) is 0 Å². The van der Waals surface area contributed by atoms with E-state index in [-0.39, 0.29) is 33.3 Å². The van der Waals surface area contributed by atoms with Gasteiger partial charge in [0.1, 0.15) is 12.2 Å². The Hall–Kier alpha value is -1.04. The van der Waals surface area contributed by atoms with Gasteiger partial charge in [0, 0.05) is 12.2 Å². The van der Waals surface area contributed by atoms with Crippen molar-refractivity contribution < 1.29 is 14.7 Å². The van der Waals surface area contributed by atoms with Gasteiger partial charge in [0.25, 0.3) is 5.91 Å². The molecule has 1 amide bonds. The molecule has 0 bridgehead atoms. The Morgan fingerprint density at radius 2 is 1.95 bits per heavy atom. The van der Waals surface area contributed by atoms with E-state index < -0.39 is 11.9 Å². The summed E-state index contributed by atoms with van der Waals surface area (Å²) in [6.07, 6.45) is 2.77. The minimum atomic E-state index is -1.09. The molecular formula is C11H9Cl3N2O3. The first-order valence-corrected chi connectivity index (χ1v) is 6.57. The molecule has 1 fully saturated rings. The number of nitrogens with zero attached hydrogens (tertiary/aromatic N) is 2. The number of rotatable bonds is 4. The fourth-order valence-corrected chi connectivity index (χ4v) is 2.19. The highest BCUT2D eigenvalue weighted by atomic mass is 35.5. The maximum absolute atomic E-state index is 12.3. The quantitative estimate of drug-likeness (QED) is 0.925. The lowest BCUT2D eigenvalue weighted by atomic mass is 10.3. The lowest BCUT2D eigenvalue weighted by Gasteiger charge is -2.20. The summed E-state index contributed by atoms with van der Waals surface area (Å²) in [6.45, 7) is -0.387. The maximum Gasteiger partial charge on any atom is 0.323 e. The van der Waals surface area contributed by atoms with Gasteiger partial charge in [-0.3, -0.25) is 9.59 Å². The van der Waals surface area contributed by atoms with Crippen molar-refractivity contribution in [3.05, 3.63) is 27.0 Å². The van der Waals surface area contributed by atoms with E-state index in [2.05, 4.69) is 4.98 Å². The first-order chi connectivity index (χ1) is 8.91. The number of carboxylic acid groups (broad SMARTS) is 1. The highest BCUT2D eigenvalue weighted by Gasteiger charge is 2.36. The number of halogens is 3. The Morgan fingerprint density at radius 3 is 2.47 bits per heavy atom. The average Bonchev–Trinajstić information content (AvgIpc) is 3.16. The Labute approximate surface area is 124 Å². The van der Waals surface area contributed by atoms with Gasteiger partial charge in [-0.2, -0.15) is 0 Å². The Bertz CT molecular complexity index is 546. The molecule has 1 heterocycles. The third-order valence-corrected chi connectivity index (χ3v) is 3.91. The van der Waals surface area contributed by atoms with Crippen LogP contribution in [0.3, 0.4) is 0 Å². The third-order valence-electron chi connectivity index (χ3n) is 2.67. The zero-order chi connectivity index (χ0) is 14.2. The van der Waals surface area contributed by atoms with Crippen molar-refractivity contribution in [3.8, 4) is 0 Å². The summed E-state index contributed by atoms with van der Waals surface area (Å²) in [7, 11) is 0. The Morgan fingerprint density at radius 1 is 1.32 bits per heavy atom. The van der Waals surface area contributed by atoms with Crippen molar-refractivity contribution in [2.24, 2.45) is 0 Å². The summed E-state index contributed by atoms with van der Waals surface area (Å²) < 4.78 is 0. The van der Waals surface area contributed by atoms with Crippen LogP contribution in [0.2, 0.25) is 15.1 Å². The number of hydrogen-bond donors (Lipinski definition) is 1. The van der Waals surface area contributed by atoms with Crippen LogP contribution in [0, 0.1) is 0 Å². The molecule has 19 heavy (non-hydrogen) atoms. The molecule has 0 spiro atoms. The van der Waals surface area contributed by atoms with Gasteiger partial charge in [-0.05, 0) is 12.8 Å². The van der Waals surface area contributed by atoms with Crippen LogP contribution in [0.15, 0.2) is 6.20 Å². The lowest BCUT2D eigenvalue weighted by molar-refractivity contribution is -0.137. The number of aromatic nitrogens is 1. The van der Waals surface area contributed by atoms with Gasteiger partial charge in [-0.15, -0.1) is 0 Å². The number of pyridine rings is 1. The molecule has 5 nitrogen and oxygen atoms in total. The second-order valence-corrected chi connectivity index (χ2v) is 5.30. The molecule has 1 aromatic rings. The predicted octanol–water partition coefficient (Wildman–Crippen LogP) is 2.73. The van der Waals surface area contributed by atoms with Gasteiger partial charge in [0.2, 0.25) is 0 Å². The molecular weight excluding hydrogens is 314 g/mol. The first-order valence-electron chi connectivity index (χ1n) is 5.44. The van der Waals surface area contributed by atoms with Crippen LogP contribution in [-0.4, -0.2) is 39.5 Å². The molecule has 0 saturated heterocycles. The summed E-state index contributed by atoms with van der Waals surface area (Å²) >= 11 is 17.5. The molecule has 0 aromatic carbocycles. The number of amides is 1. The van der Waals surface area contributed by atoms with Crippen molar-refractivity contribution in [2.75, 3.05) is 6.54 Å². The van der Waals surface area contributed by atoms with E-state index in [0.717, 1.165) is 12.8 Å². The standard InChI is InChI=1S/C11H9Cl3N2O3/c12-6-3-15-10(9(14)8(6)13)11(19)16(4-7(17)18)5-1-2-5/h3,5H,1-2,4H2,(H,17,18). The van der Waals surface area contributed by atoms with Gasteiger partial charge in [-0.1, -0.05) is 34.8 Å². The fraction of sp³-hybridized carbons (Fsp3) is 0.364. The number of carbonyl (C=O) groups excluding carboxylic acids is 1. The SMILES string of the molecule is O=C(O)CN(C(=O)c1ncc(Cl)c(Cl)c1Cl)C1CC1. The van der Waals surface area contributed by atoms with E-state index >= 15 is 0 Å². The minimum Gasteiger partial charge on any atom is -0.480 e. The van der Waals surface area contributed by atoms with Crippen molar-refractivity contribution in [1.82, 2.24) is 9.88 Å². The van der Waals surface area contributed by atoms with Crippen LogP contribution < -0.4 is 0 Å². The van der Waals surface area contributed by atoms with Crippen LogP contribution in [0.5, 0.6) is 0 Å². The van der Waals surface area contributed by atoms with Gasteiger partial charge in [0.05, 0.1) is 15.1 Å². The summed E-state index contributed by atoms with van der Waals surface area (Å²) in [5.41, 5.74) is -0.0794. The van der Waals surface area contributed by atoms with E-state index in [1.165, 1.54) is 11.1 Å². The van der Waals surface area contributed by atoms with Gasteiger partial charge in [0.15, 0.2) is 0 Å². The molecule has 0 aliphatic heterocycles. The lowest BCUT2D eigenvalue weighted by Crippen LogP contribution is -2.38. The monoisotopic (exact) mass is 322 g/mol. The number of aliphatic carboxylic acids is 1. The molecule has 2 rings (SSSR count). The van der Waals surface area contributed by atoms with Crippen LogP contribution >= 0.6 is 34.8 Å². The molecule has 0 atom stereocenters. The van der Waals surface area contributed by atoms with Crippen molar-refractivity contribution >= 4 is 46.7 Å². The molecule has 1 N–H and O–H groups in total. The highest BCUT2D eigenvalue weighted by Crippen LogP contribution is 2.34. The summed E-state index contributed by atoms with van der Waals surface area (Å²) in [6, 6.07) is -0.0732. The van der Waals surface area contributed by atoms with Crippen LogP contribution in [0.1, 0.15) is 23.3 Å². The molecule has 1 aliphatic carbocycles. The molecule has 0 unspecified atom stereocenters. The molecule has 0 radical (unpaired) electrons. The zero-order valence-corrected chi connectivity index (χ0v) is 11.8. The van der Waals surface area contributed by atoms with E-state index in [1.807, 2.05) is 0 Å². The van der Waals surface area contributed by atoms with Gasteiger partial charge >= 0.3 is 5.97 Å². The summed E-state index contributed by atoms with van der Waals surface area (Å²) in [4.78, 5) is 28.1. The molecule has 1 aliphatic rings. The Balaban J connectivity index is 2.31. The Kier molecular flexibility index (Phi) is 4.18. The molecule has 102 valence electrons. The van der Waals surface area contributed by atoms with Gasteiger partial charge in [-0.25, -0.2) is 4.98 Å². The topological polar surface area (TPSA) is 70.5 Å². The number of hydrogen-bond acceptors (Lipinski definition) is 3. The van der Waals surface area contributed by atoms with Crippen LogP contribution in [0.25, 0.3) is 0 Å². The first kappa shape index (κ1) is 14.4. The summed E-state index contributed by atoms with van der Waals surface area (Å²) in [5.74, 6) is -1.63. The molecule has 1 aromatic heterocycles. The van der Waals surface area contributed by atoms with Crippen molar-refractivity contribution in [3.63, 3.8) is 0 Å². The van der Waals surface area contributed by atoms with Crippen molar-refractivity contribution in [1.29, 1.82) is 0 Å². The van der Waals surface area contributed by atoms with Gasteiger partial charge < -0.3 is 10.0 Å². The van der Waals surface area contributed by atoms with E-state index in [1.54, 1.807) is 0 Å². The summed E-state index contributed by atoms with van der Waals surface area (Å²) in [5, 5.41) is 8.94. The van der Waals surface area contributed by atoms with E-state index in [4.69, 9.17) is 39.9 Å². The largest absolute Gasteiger partial charge is 0.480 e. The predicted molar refractivity (Wildman–Crippen MR) is 71.0 cm³/mol. The maximum atomic E-state index is 12.3. The fourth-order valence-electron chi connectivity index (χ4n) is 1.63.